The summed E-state index contributed by atoms with van der Waals surface area (Å²) in [6.45, 7) is 7.78. The summed E-state index contributed by atoms with van der Waals surface area (Å²) in [7, 11) is 0. The number of rotatable bonds is 3. The smallest absolute Gasteiger partial charge is 0.241 e. The molecule has 1 aliphatic rings. The fourth-order valence-corrected chi connectivity index (χ4v) is 2.50. The Kier molecular flexibility index (Phi) is 4.76. The number of carbonyl (C=O) groups excluding carboxylic acids is 1. The first-order valence-corrected chi connectivity index (χ1v) is 7.28. The van der Waals surface area contributed by atoms with Crippen LogP contribution in [0.4, 0.5) is 10.1 Å². The lowest BCUT2D eigenvalue weighted by atomic mass is 9.98. The van der Waals surface area contributed by atoms with Gasteiger partial charge in [-0.05, 0) is 63.4 Å². The zero-order valence-electron chi connectivity index (χ0n) is 12.4. The van der Waals surface area contributed by atoms with Gasteiger partial charge in [-0.2, -0.15) is 0 Å². The molecule has 20 heavy (non-hydrogen) atoms. The largest absolute Gasteiger partial charge is 0.325 e. The van der Waals surface area contributed by atoms with Crippen molar-refractivity contribution in [1.82, 2.24) is 4.90 Å². The highest BCUT2D eigenvalue weighted by molar-refractivity contribution is 5.94. The van der Waals surface area contributed by atoms with Crippen LogP contribution in [0.2, 0.25) is 0 Å². The third-order valence-corrected chi connectivity index (χ3v) is 4.18. The van der Waals surface area contributed by atoms with Crippen LogP contribution >= 0.6 is 0 Å². The summed E-state index contributed by atoms with van der Waals surface area (Å²) in [6.07, 6.45) is 2.27. The van der Waals surface area contributed by atoms with Crippen molar-refractivity contribution >= 4 is 11.6 Å². The minimum Gasteiger partial charge on any atom is -0.325 e. The van der Waals surface area contributed by atoms with Gasteiger partial charge in [0, 0.05) is 5.69 Å². The Balaban J connectivity index is 1.95. The maximum Gasteiger partial charge on any atom is 0.241 e. The van der Waals surface area contributed by atoms with E-state index >= 15 is 0 Å². The normalized spacial score (nSPS) is 18.8. The fraction of sp³-hybridized carbons (Fsp3) is 0.562. The van der Waals surface area contributed by atoms with Gasteiger partial charge in [0.1, 0.15) is 5.82 Å². The Labute approximate surface area is 120 Å². The van der Waals surface area contributed by atoms with Crippen LogP contribution in [0.3, 0.4) is 0 Å². The topological polar surface area (TPSA) is 32.3 Å². The second kappa shape index (κ2) is 6.35. The number of benzene rings is 1. The van der Waals surface area contributed by atoms with Crippen LogP contribution in [0.1, 0.15) is 32.3 Å². The molecule has 1 heterocycles. The first kappa shape index (κ1) is 15.0. The summed E-state index contributed by atoms with van der Waals surface area (Å²) in [5.41, 5.74) is 1.11. The predicted molar refractivity (Wildman–Crippen MR) is 79.2 cm³/mol. The Hall–Kier alpha value is -1.42. The van der Waals surface area contributed by atoms with E-state index < -0.39 is 0 Å². The number of carbonyl (C=O) groups is 1. The molecule has 1 amide bonds. The minimum atomic E-state index is -0.290. The van der Waals surface area contributed by atoms with E-state index in [1.807, 2.05) is 6.92 Å². The Morgan fingerprint density at radius 3 is 2.65 bits per heavy atom. The van der Waals surface area contributed by atoms with Crippen molar-refractivity contribution in [3.8, 4) is 0 Å². The molecule has 0 saturated carbocycles. The van der Waals surface area contributed by atoms with E-state index in [2.05, 4.69) is 17.1 Å². The standard InChI is InChI=1S/C16H23FN2O/c1-11-6-8-19(9-7-11)13(3)16(20)18-14-5-4-12(2)15(17)10-14/h4-5,10-11,13H,6-9H2,1-3H3,(H,18,20)/t13-/m1/s1. The average molecular weight is 278 g/mol. The van der Waals surface area contributed by atoms with Crippen LogP contribution in [0.5, 0.6) is 0 Å². The van der Waals surface area contributed by atoms with Crippen molar-refractivity contribution in [2.24, 2.45) is 5.92 Å². The van der Waals surface area contributed by atoms with Gasteiger partial charge in [0.05, 0.1) is 6.04 Å². The van der Waals surface area contributed by atoms with Crippen LogP contribution < -0.4 is 5.32 Å². The average Bonchev–Trinajstić information content (AvgIpc) is 2.43. The first-order valence-electron chi connectivity index (χ1n) is 7.28. The van der Waals surface area contributed by atoms with Crippen LogP contribution in [0, 0.1) is 18.7 Å². The molecule has 0 spiro atoms. The second-order valence-corrected chi connectivity index (χ2v) is 5.85. The fourth-order valence-electron chi connectivity index (χ4n) is 2.50. The number of anilines is 1. The summed E-state index contributed by atoms with van der Waals surface area (Å²) in [5.74, 6) is 0.387. The number of likely N-dealkylation sites (tertiary alicyclic amines) is 1. The molecule has 0 aromatic heterocycles. The molecule has 1 N–H and O–H groups in total. The molecule has 1 aromatic carbocycles. The lowest BCUT2D eigenvalue weighted by Gasteiger charge is -2.34. The number of hydrogen-bond donors (Lipinski definition) is 1. The molecule has 0 unspecified atom stereocenters. The van der Waals surface area contributed by atoms with Crippen LogP contribution in [0.15, 0.2) is 18.2 Å². The number of aryl methyl sites for hydroxylation is 1. The molecule has 1 aliphatic heterocycles. The van der Waals surface area contributed by atoms with E-state index in [0.717, 1.165) is 31.8 Å². The summed E-state index contributed by atoms with van der Waals surface area (Å²) < 4.78 is 13.5. The molecular weight excluding hydrogens is 255 g/mol. The third-order valence-electron chi connectivity index (χ3n) is 4.18. The van der Waals surface area contributed by atoms with Gasteiger partial charge in [-0.25, -0.2) is 4.39 Å². The number of piperidine rings is 1. The molecule has 0 radical (unpaired) electrons. The van der Waals surface area contributed by atoms with Crippen LogP contribution in [0.25, 0.3) is 0 Å². The number of nitrogens with one attached hydrogen (secondary N) is 1. The van der Waals surface area contributed by atoms with Crippen molar-refractivity contribution < 1.29 is 9.18 Å². The molecular formula is C16H23FN2O. The van der Waals surface area contributed by atoms with Crippen molar-refractivity contribution in [1.29, 1.82) is 0 Å². The van der Waals surface area contributed by atoms with Gasteiger partial charge in [0.25, 0.3) is 0 Å². The van der Waals surface area contributed by atoms with Gasteiger partial charge >= 0.3 is 0 Å². The highest BCUT2D eigenvalue weighted by Gasteiger charge is 2.25. The monoisotopic (exact) mass is 278 g/mol. The highest BCUT2D eigenvalue weighted by Crippen LogP contribution is 2.19. The minimum absolute atomic E-state index is 0.0668. The Morgan fingerprint density at radius 2 is 2.05 bits per heavy atom. The lowest BCUT2D eigenvalue weighted by Crippen LogP contribution is -2.45. The molecule has 3 nitrogen and oxygen atoms in total. The van der Waals surface area contributed by atoms with E-state index in [9.17, 15) is 9.18 Å². The summed E-state index contributed by atoms with van der Waals surface area (Å²) in [6, 6.07) is 4.62. The van der Waals surface area contributed by atoms with E-state index in [1.165, 1.54) is 6.07 Å². The van der Waals surface area contributed by atoms with Crippen molar-refractivity contribution in [3.63, 3.8) is 0 Å². The summed E-state index contributed by atoms with van der Waals surface area (Å²) >= 11 is 0. The Bertz CT molecular complexity index is 481. The molecule has 1 fully saturated rings. The van der Waals surface area contributed by atoms with Crippen LogP contribution in [-0.4, -0.2) is 29.9 Å². The summed E-state index contributed by atoms with van der Waals surface area (Å²) in [4.78, 5) is 14.4. The van der Waals surface area contributed by atoms with Gasteiger partial charge in [0.15, 0.2) is 0 Å². The van der Waals surface area contributed by atoms with Gasteiger partial charge < -0.3 is 5.32 Å². The van der Waals surface area contributed by atoms with E-state index in [0.29, 0.717) is 11.3 Å². The number of hydrogen-bond acceptors (Lipinski definition) is 2. The zero-order chi connectivity index (χ0) is 14.7. The predicted octanol–water partition coefficient (Wildman–Crippen LogP) is 3.19. The van der Waals surface area contributed by atoms with E-state index in [4.69, 9.17) is 0 Å². The third kappa shape index (κ3) is 3.57. The highest BCUT2D eigenvalue weighted by atomic mass is 19.1. The quantitative estimate of drug-likeness (QED) is 0.921. The zero-order valence-corrected chi connectivity index (χ0v) is 12.4. The second-order valence-electron chi connectivity index (χ2n) is 5.85. The SMILES string of the molecule is Cc1ccc(NC(=O)[C@@H](C)N2CCC(C)CC2)cc1F. The van der Waals surface area contributed by atoms with Crippen molar-refractivity contribution in [2.75, 3.05) is 18.4 Å². The molecule has 1 saturated heterocycles. The summed E-state index contributed by atoms with van der Waals surface area (Å²) in [5, 5.41) is 2.80. The van der Waals surface area contributed by atoms with Crippen molar-refractivity contribution in [3.05, 3.63) is 29.6 Å². The molecule has 0 bridgehead atoms. The molecule has 0 aliphatic carbocycles. The molecule has 2 rings (SSSR count). The molecule has 1 atom stereocenters. The lowest BCUT2D eigenvalue weighted by molar-refractivity contribution is -0.121. The first-order chi connectivity index (χ1) is 9.47. The number of halogens is 1. The maximum absolute atomic E-state index is 13.5. The molecule has 1 aromatic rings. The maximum atomic E-state index is 13.5. The number of amides is 1. The molecule has 110 valence electrons. The number of nitrogens with zero attached hydrogens (tertiary/aromatic N) is 1. The van der Waals surface area contributed by atoms with Crippen molar-refractivity contribution in [2.45, 2.75) is 39.7 Å². The van der Waals surface area contributed by atoms with Crippen LogP contribution in [-0.2, 0) is 4.79 Å². The van der Waals surface area contributed by atoms with Gasteiger partial charge in [-0.1, -0.05) is 13.0 Å². The Morgan fingerprint density at radius 1 is 1.40 bits per heavy atom. The van der Waals surface area contributed by atoms with Gasteiger partial charge in [-0.3, -0.25) is 9.69 Å². The molecule has 4 heteroatoms. The van der Waals surface area contributed by atoms with E-state index in [-0.39, 0.29) is 17.8 Å². The van der Waals surface area contributed by atoms with Gasteiger partial charge in [-0.15, -0.1) is 0 Å². The van der Waals surface area contributed by atoms with E-state index in [1.54, 1.807) is 19.1 Å². The van der Waals surface area contributed by atoms with Gasteiger partial charge in [0.2, 0.25) is 5.91 Å².